The monoisotopic (exact) mass is 244 g/mol. The molecular weight excluding hydrogens is 220 g/mol. The van der Waals surface area contributed by atoms with E-state index in [0.717, 1.165) is 32.5 Å². The largest absolute Gasteiger partial charge is 0.450 e. The highest BCUT2D eigenvalue weighted by atomic mass is 16.6. The van der Waals surface area contributed by atoms with Gasteiger partial charge in [-0.25, -0.2) is 4.79 Å². The van der Waals surface area contributed by atoms with E-state index in [9.17, 15) is 4.79 Å². The van der Waals surface area contributed by atoms with E-state index in [-0.39, 0.29) is 12.2 Å². The summed E-state index contributed by atoms with van der Waals surface area (Å²) in [6.07, 6.45) is 2.01. The molecule has 1 aliphatic heterocycles. The molecular formula is C12H24N2O3. The maximum atomic E-state index is 11.5. The lowest BCUT2D eigenvalue weighted by atomic mass is 10.1. The number of amides is 1. The van der Waals surface area contributed by atoms with Crippen molar-refractivity contribution in [3.8, 4) is 0 Å². The summed E-state index contributed by atoms with van der Waals surface area (Å²) in [4.78, 5) is 13.3. The zero-order valence-electron chi connectivity index (χ0n) is 11.1. The average molecular weight is 244 g/mol. The number of hydrogen-bond acceptors (Lipinski definition) is 4. The Bertz CT molecular complexity index is 228. The van der Waals surface area contributed by atoms with Crippen molar-refractivity contribution in [3.63, 3.8) is 0 Å². The van der Waals surface area contributed by atoms with Gasteiger partial charge >= 0.3 is 6.09 Å². The summed E-state index contributed by atoms with van der Waals surface area (Å²) in [6, 6.07) is 0.485. The predicted molar refractivity (Wildman–Crippen MR) is 66.1 cm³/mol. The summed E-state index contributed by atoms with van der Waals surface area (Å²) in [6.45, 7) is 6.73. The quantitative estimate of drug-likeness (QED) is 0.790. The fraction of sp³-hybridized carbons (Fsp3) is 0.917. The number of methoxy groups -OCH3 is 1. The lowest BCUT2D eigenvalue weighted by Crippen LogP contribution is -2.46. The zero-order valence-corrected chi connectivity index (χ0v) is 11.1. The van der Waals surface area contributed by atoms with Gasteiger partial charge < -0.3 is 19.7 Å². The van der Waals surface area contributed by atoms with Gasteiger partial charge in [0.05, 0.1) is 12.7 Å². The third-order valence-corrected chi connectivity index (χ3v) is 3.12. The van der Waals surface area contributed by atoms with Crippen LogP contribution in [0.3, 0.4) is 0 Å². The smallest absolute Gasteiger partial charge is 0.409 e. The second-order valence-electron chi connectivity index (χ2n) is 4.41. The van der Waals surface area contributed by atoms with E-state index in [2.05, 4.69) is 5.32 Å². The molecule has 1 amide bonds. The van der Waals surface area contributed by atoms with Gasteiger partial charge in [0, 0.05) is 32.8 Å². The minimum atomic E-state index is -0.184. The number of piperidine rings is 1. The molecule has 0 radical (unpaired) electrons. The standard InChI is InChI=1S/C12H24N2O3/c1-4-17-12(15)14-7-5-11(6-8-14)13-9-10(2)16-3/h10-11,13H,4-9H2,1-3H3. The molecule has 5 nitrogen and oxygen atoms in total. The van der Waals surface area contributed by atoms with Crippen LogP contribution in [0.2, 0.25) is 0 Å². The molecule has 0 saturated carbocycles. The molecule has 0 bridgehead atoms. The van der Waals surface area contributed by atoms with Crippen molar-refractivity contribution in [2.24, 2.45) is 0 Å². The SMILES string of the molecule is CCOC(=O)N1CCC(NCC(C)OC)CC1. The Morgan fingerprint density at radius 1 is 1.47 bits per heavy atom. The predicted octanol–water partition coefficient (Wildman–Crippen LogP) is 1.23. The molecule has 0 aromatic rings. The summed E-state index contributed by atoms with van der Waals surface area (Å²) in [5, 5.41) is 3.46. The van der Waals surface area contributed by atoms with Gasteiger partial charge in [-0.1, -0.05) is 0 Å². The maximum absolute atomic E-state index is 11.5. The molecule has 100 valence electrons. The molecule has 1 heterocycles. The van der Waals surface area contributed by atoms with Gasteiger partial charge in [-0.2, -0.15) is 0 Å². The fourth-order valence-electron chi connectivity index (χ4n) is 1.90. The van der Waals surface area contributed by atoms with Crippen LogP contribution in [0, 0.1) is 0 Å². The number of carbonyl (C=O) groups excluding carboxylic acids is 1. The normalized spacial score (nSPS) is 19.1. The molecule has 1 N–H and O–H groups in total. The topological polar surface area (TPSA) is 50.8 Å². The van der Waals surface area contributed by atoms with Crippen molar-refractivity contribution in [2.75, 3.05) is 33.4 Å². The summed E-state index contributed by atoms with van der Waals surface area (Å²) < 4.78 is 10.2. The third-order valence-electron chi connectivity index (χ3n) is 3.12. The molecule has 17 heavy (non-hydrogen) atoms. The van der Waals surface area contributed by atoms with Crippen LogP contribution in [0.15, 0.2) is 0 Å². The minimum absolute atomic E-state index is 0.184. The zero-order chi connectivity index (χ0) is 12.7. The van der Waals surface area contributed by atoms with E-state index in [1.165, 1.54) is 0 Å². The van der Waals surface area contributed by atoms with Gasteiger partial charge in [-0.3, -0.25) is 0 Å². The molecule has 0 spiro atoms. The third kappa shape index (κ3) is 4.91. The van der Waals surface area contributed by atoms with Gasteiger partial charge in [0.2, 0.25) is 0 Å². The minimum Gasteiger partial charge on any atom is -0.450 e. The highest BCUT2D eigenvalue weighted by molar-refractivity contribution is 5.67. The summed E-state index contributed by atoms with van der Waals surface area (Å²) in [5.74, 6) is 0. The summed E-state index contributed by atoms with van der Waals surface area (Å²) in [7, 11) is 1.72. The molecule has 1 atom stereocenters. The molecule has 5 heteroatoms. The van der Waals surface area contributed by atoms with Crippen LogP contribution in [-0.4, -0.2) is 56.5 Å². The first-order chi connectivity index (χ1) is 8.17. The van der Waals surface area contributed by atoms with E-state index in [1.54, 1.807) is 12.0 Å². The van der Waals surface area contributed by atoms with E-state index >= 15 is 0 Å². The van der Waals surface area contributed by atoms with Crippen LogP contribution in [0.25, 0.3) is 0 Å². The first-order valence-corrected chi connectivity index (χ1v) is 6.35. The van der Waals surface area contributed by atoms with E-state index in [1.807, 2.05) is 13.8 Å². The average Bonchev–Trinajstić information content (AvgIpc) is 2.36. The Kier molecular flexibility index (Phi) is 6.29. The van der Waals surface area contributed by atoms with Crippen LogP contribution in [0.4, 0.5) is 4.79 Å². The highest BCUT2D eigenvalue weighted by Gasteiger charge is 2.23. The number of carbonyl (C=O) groups is 1. The van der Waals surface area contributed by atoms with Crippen molar-refractivity contribution in [1.29, 1.82) is 0 Å². The van der Waals surface area contributed by atoms with Gasteiger partial charge in [0.1, 0.15) is 0 Å². The van der Waals surface area contributed by atoms with E-state index < -0.39 is 0 Å². The molecule has 1 saturated heterocycles. The van der Waals surface area contributed by atoms with Gasteiger partial charge in [0.25, 0.3) is 0 Å². The Balaban J connectivity index is 2.19. The lowest BCUT2D eigenvalue weighted by molar-refractivity contribution is 0.0889. The van der Waals surface area contributed by atoms with Crippen molar-refractivity contribution < 1.29 is 14.3 Å². The van der Waals surface area contributed by atoms with Gasteiger partial charge in [-0.05, 0) is 26.7 Å². The second kappa shape index (κ2) is 7.50. The Labute approximate surface area is 103 Å². The Morgan fingerprint density at radius 2 is 2.12 bits per heavy atom. The second-order valence-corrected chi connectivity index (χ2v) is 4.41. The van der Waals surface area contributed by atoms with Gasteiger partial charge in [-0.15, -0.1) is 0 Å². The Hall–Kier alpha value is -0.810. The number of likely N-dealkylation sites (tertiary alicyclic amines) is 1. The first kappa shape index (κ1) is 14.3. The number of nitrogens with zero attached hydrogens (tertiary/aromatic N) is 1. The van der Waals surface area contributed by atoms with Crippen molar-refractivity contribution in [1.82, 2.24) is 10.2 Å². The van der Waals surface area contributed by atoms with E-state index in [0.29, 0.717) is 12.6 Å². The van der Waals surface area contributed by atoms with Crippen LogP contribution in [0.5, 0.6) is 0 Å². The number of ether oxygens (including phenoxy) is 2. The Morgan fingerprint density at radius 3 is 2.65 bits per heavy atom. The number of rotatable bonds is 5. The maximum Gasteiger partial charge on any atom is 0.409 e. The highest BCUT2D eigenvalue weighted by Crippen LogP contribution is 2.11. The molecule has 0 aromatic carbocycles. The van der Waals surface area contributed by atoms with Crippen molar-refractivity contribution in [3.05, 3.63) is 0 Å². The summed E-state index contributed by atoms with van der Waals surface area (Å²) >= 11 is 0. The molecule has 1 aliphatic rings. The first-order valence-electron chi connectivity index (χ1n) is 6.35. The van der Waals surface area contributed by atoms with Crippen LogP contribution >= 0.6 is 0 Å². The van der Waals surface area contributed by atoms with Crippen molar-refractivity contribution in [2.45, 2.75) is 38.8 Å². The molecule has 1 fully saturated rings. The molecule has 1 unspecified atom stereocenters. The lowest BCUT2D eigenvalue weighted by Gasteiger charge is -2.32. The molecule has 0 aliphatic carbocycles. The van der Waals surface area contributed by atoms with Crippen LogP contribution < -0.4 is 5.32 Å². The number of hydrogen-bond donors (Lipinski definition) is 1. The van der Waals surface area contributed by atoms with E-state index in [4.69, 9.17) is 9.47 Å². The van der Waals surface area contributed by atoms with Crippen LogP contribution in [-0.2, 0) is 9.47 Å². The molecule has 1 rings (SSSR count). The summed E-state index contributed by atoms with van der Waals surface area (Å²) in [5.41, 5.74) is 0. The fourth-order valence-corrected chi connectivity index (χ4v) is 1.90. The van der Waals surface area contributed by atoms with Crippen LogP contribution in [0.1, 0.15) is 26.7 Å². The van der Waals surface area contributed by atoms with Gasteiger partial charge in [0.15, 0.2) is 0 Å². The number of nitrogens with one attached hydrogen (secondary N) is 1. The molecule has 0 aromatic heterocycles. The van der Waals surface area contributed by atoms with Crippen molar-refractivity contribution >= 4 is 6.09 Å².